The molecule has 0 N–H and O–H groups in total. The number of rotatable bonds is 10. The van der Waals surface area contributed by atoms with E-state index in [2.05, 4.69) is 83.1 Å². The van der Waals surface area contributed by atoms with Crippen LogP contribution in [0.1, 0.15) is 114 Å². The fourth-order valence-corrected chi connectivity index (χ4v) is 6.02. The summed E-state index contributed by atoms with van der Waals surface area (Å²) in [6.07, 6.45) is 11.7. The number of aryl methyl sites for hydroxylation is 1. The van der Waals surface area contributed by atoms with Gasteiger partial charge in [0.05, 0.1) is 0 Å². The van der Waals surface area contributed by atoms with E-state index in [-0.39, 0.29) is 11.3 Å². The molecule has 0 aliphatic heterocycles. The van der Waals surface area contributed by atoms with Gasteiger partial charge in [-0.25, -0.2) is 0 Å². The number of hydrogen-bond donors (Lipinski definition) is 0. The van der Waals surface area contributed by atoms with Crippen LogP contribution in [-0.2, 0) is 5.41 Å². The van der Waals surface area contributed by atoms with Crippen LogP contribution in [0.2, 0.25) is 0 Å². The number of allylic oxidation sites excluding steroid dienone is 2. The molecule has 184 valence electrons. The van der Waals surface area contributed by atoms with E-state index in [1.165, 1.54) is 84.8 Å². The van der Waals surface area contributed by atoms with E-state index in [0.717, 1.165) is 6.42 Å². The van der Waals surface area contributed by atoms with E-state index in [9.17, 15) is 0 Å². The minimum atomic E-state index is 0.160. The Labute approximate surface area is 210 Å². The Bertz CT molecular complexity index is 931. The third-order valence-electron chi connectivity index (χ3n) is 8.09. The second kappa shape index (κ2) is 12.1. The summed E-state index contributed by atoms with van der Waals surface area (Å²) in [4.78, 5) is 0. The van der Waals surface area contributed by atoms with Crippen LogP contribution in [-0.4, -0.2) is 0 Å². The fourth-order valence-electron chi connectivity index (χ4n) is 6.02. The molecule has 2 aromatic rings. The quantitative estimate of drug-likeness (QED) is 0.246. The molecule has 1 saturated carbocycles. The van der Waals surface area contributed by atoms with Gasteiger partial charge in [0.15, 0.2) is 0 Å². The topological polar surface area (TPSA) is 0 Å². The Kier molecular flexibility index (Phi) is 9.40. The zero-order valence-electron chi connectivity index (χ0n) is 22.6. The third-order valence-corrected chi connectivity index (χ3v) is 8.09. The summed E-state index contributed by atoms with van der Waals surface area (Å²) < 4.78 is 0. The molecule has 2 aromatic carbocycles. The molecule has 3 rings (SSSR count). The first-order valence-electron chi connectivity index (χ1n) is 13.8. The molecule has 2 atom stereocenters. The lowest BCUT2D eigenvalue weighted by Crippen LogP contribution is -2.27. The first kappa shape index (κ1) is 26.5. The maximum Gasteiger partial charge on any atom is 0.0157 e. The molecule has 1 fully saturated rings. The molecule has 1 aliphatic carbocycles. The lowest BCUT2D eigenvalue weighted by Gasteiger charge is -2.39. The number of unbranched alkanes of at least 4 members (excludes halogenated alkanes) is 2. The van der Waals surface area contributed by atoms with Crippen LogP contribution < -0.4 is 0 Å². The van der Waals surface area contributed by atoms with Crippen molar-refractivity contribution >= 4 is 5.57 Å². The summed E-state index contributed by atoms with van der Waals surface area (Å²) in [6.45, 7) is 21.0. The first-order valence-corrected chi connectivity index (χ1v) is 13.8. The van der Waals surface area contributed by atoms with Crippen molar-refractivity contribution in [2.24, 2.45) is 11.8 Å². The minimum absolute atomic E-state index is 0.160. The summed E-state index contributed by atoms with van der Waals surface area (Å²) in [5.74, 6) is 1.45. The summed E-state index contributed by atoms with van der Waals surface area (Å²) in [6, 6.07) is 18.3. The molecule has 0 bridgehead atoms. The van der Waals surface area contributed by atoms with Crippen molar-refractivity contribution in [3.63, 3.8) is 0 Å². The number of hydrogen-bond acceptors (Lipinski definition) is 0. The highest BCUT2D eigenvalue weighted by Crippen LogP contribution is 2.49. The van der Waals surface area contributed by atoms with Gasteiger partial charge in [0.2, 0.25) is 0 Å². The molecule has 0 radical (unpaired) electrons. The van der Waals surface area contributed by atoms with E-state index in [4.69, 9.17) is 13.2 Å². The van der Waals surface area contributed by atoms with Gasteiger partial charge in [-0.15, -0.1) is 0 Å². The Balaban J connectivity index is 2.08. The highest BCUT2D eigenvalue weighted by molar-refractivity contribution is 5.73. The van der Waals surface area contributed by atoms with Crippen molar-refractivity contribution in [2.45, 2.75) is 104 Å². The van der Waals surface area contributed by atoms with E-state index in [0.29, 0.717) is 11.8 Å². The monoisotopic (exact) mass is 456 g/mol. The van der Waals surface area contributed by atoms with Gasteiger partial charge < -0.3 is 0 Å². The van der Waals surface area contributed by atoms with Crippen LogP contribution in [0, 0.1) is 18.8 Å². The van der Waals surface area contributed by atoms with Crippen molar-refractivity contribution in [3.8, 4) is 0 Å². The van der Waals surface area contributed by atoms with Gasteiger partial charge in [-0.2, -0.15) is 0 Å². The summed E-state index contributed by atoms with van der Waals surface area (Å²) in [7, 11) is 0. The van der Waals surface area contributed by atoms with Crippen LogP contribution in [0.3, 0.4) is 0 Å². The van der Waals surface area contributed by atoms with Gasteiger partial charge in [-0.3, -0.25) is 0 Å². The molecular weight excluding hydrogens is 408 g/mol. The molecule has 1 aliphatic rings. The average Bonchev–Trinajstić information content (AvgIpc) is 2.82. The smallest absolute Gasteiger partial charge is 0.0157 e. The Morgan fingerprint density at radius 3 is 2.15 bits per heavy atom. The minimum Gasteiger partial charge on any atom is -0.0995 e. The molecular formula is C34H48. The highest BCUT2D eigenvalue weighted by atomic mass is 14.4. The molecule has 0 amide bonds. The maximum absolute atomic E-state index is 4.79. The van der Waals surface area contributed by atoms with Gasteiger partial charge in [0.1, 0.15) is 0 Å². The molecule has 0 spiro atoms. The molecule has 0 heteroatoms. The molecule has 34 heavy (non-hydrogen) atoms. The van der Waals surface area contributed by atoms with E-state index < -0.39 is 0 Å². The van der Waals surface area contributed by atoms with Crippen molar-refractivity contribution in [3.05, 3.63) is 89.5 Å². The third kappa shape index (κ3) is 6.53. The SMILES string of the molecule is C=C(c1ccccc1C)C(c1ccc(C(C)(C)C)cc1)C(C(=C)CCCCC)C1CCCCC1. The molecule has 2 unspecified atom stereocenters. The molecule has 0 aromatic heterocycles. The predicted octanol–water partition coefficient (Wildman–Crippen LogP) is 10.4. The van der Waals surface area contributed by atoms with Crippen LogP contribution in [0.15, 0.2) is 67.3 Å². The van der Waals surface area contributed by atoms with Crippen LogP contribution >= 0.6 is 0 Å². The summed E-state index contributed by atoms with van der Waals surface area (Å²) in [5, 5.41) is 0. The Hall–Kier alpha value is -2.08. The lowest BCUT2D eigenvalue weighted by molar-refractivity contribution is 0.259. The zero-order chi connectivity index (χ0) is 24.7. The zero-order valence-corrected chi connectivity index (χ0v) is 22.6. The highest BCUT2D eigenvalue weighted by Gasteiger charge is 2.35. The van der Waals surface area contributed by atoms with Gasteiger partial charge in [0, 0.05) is 5.92 Å². The van der Waals surface area contributed by atoms with Crippen molar-refractivity contribution < 1.29 is 0 Å². The van der Waals surface area contributed by atoms with E-state index in [1.54, 1.807) is 0 Å². The maximum atomic E-state index is 4.79. The van der Waals surface area contributed by atoms with Crippen molar-refractivity contribution in [1.29, 1.82) is 0 Å². The van der Waals surface area contributed by atoms with Crippen molar-refractivity contribution in [2.75, 3.05) is 0 Å². The van der Waals surface area contributed by atoms with Gasteiger partial charge in [-0.05, 0) is 77.7 Å². The largest absolute Gasteiger partial charge is 0.0995 e. The second-order valence-electron chi connectivity index (χ2n) is 11.7. The predicted molar refractivity (Wildman–Crippen MR) is 151 cm³/mol. The van der Waals surface area contributed by atoms with Gasteiger partial charge in [-0.1, -0.05) is 127 Å². The Morgan fingerprint density at radius 1 is 0.912 bits per heavy atom. The standard InChI is InChI=1S/C34H48/c1-8-9-11-17-26(3)32(28-18-12-10-13-19-28)33(27(4)31-20-15-14-16-25(31)2)29-21-23-30(24-22-29)34(5,6)7/h14-16,20-24,28,32-33H,3-4,8-13,17-19H2,1-2,5-7H3. The number of benzene rings is 2. The lowest BCUT2D eigenvalue weighted by atomic mass is 9.65. The fraction of sp³-hybridized carbons (Fsp3) is 0.529. The van der Waals surface area contributed by atoms with Crippen LogP contribution in [0.5, 0.6) is 0 Å². The molecule has 0 saturated heterocycles. The van der Waals surface area contributed by atoms with Gasteiger partial charge in [0.25, 0.3) is 0 Å². The van der Waals surface area contributed by atoms with E-state index in [1.807, 2.05) is 0 Å². The second-order valence-corrected chi connectivity index (χ2v) is 11.7. The van der Waals surface area contributed by atoms with Crippen LogP contribution in [0.25, 0.3) is 5.57 Å². The normalized spacial score (nSPS) is 16.7. The van der Waals surface area contributed by atoms with E-state index >= 15 is 0 Å². The average molecular weight is 457 g/mol. The van der Waals surface area contributed by atoms with Gasteiger partial charge >= 0.3 is 0 Å². The van der Waals surface area contributed by atoms with Crippen molar-refractivity contribution in [1.82, 2.24) is 0 Å². The summed E-state index contributed by atoms with van der Waals surface area (Å²) in [5.41, 5.74) is 8.33. The molecule has 0 nitrogen and oxygen atoms in total. The van der Waals surface area contributed by atoms with Crippen LogP contribution in [0.4, 0.5) is 0 Å². The summed E-state index contributed by atoms with van der Waals surface area (Å²) >= 11 is 0. The first-order chi connectivity index (χ1) is 16.2. The Morgan fingerprint density at radius 2 is 1.56 bits per heavy atom. The molecule has 0 heterocycles.